The molecule has 0 N–H and O–H groups in total. The van der Waals surface area contributed by atoms with E-state index >= 15 is 0 Å². The average molecular weight is 395 g/mol. The number of benzene rings is 2. The first-order valence-corrected chi connectivity index (χ1v) is 10.3. The maximum absolute atomic E-state index is 6.34. The maximum atomic E-state index is 6.34. The Kier molecular flexibility index (Phi) is 4.10. The Morgan fingerprint density at radius 3 is 2.44 bits per heavy atom. The third-order valence-corrected chi connectivity index (χ3v) is 6.36. The van der Waals surface area contributed by atoms with Crippen molar-refractivity contribution in [2.24, 2.45) is 5.92 Å². The van der Waals surface area contributed by atoms with Gasteiger partial charge in [0.15, 0.2) is 5.76 Å². The van der Waals surface area contributed by atoms with Gasteiger partial charge in [-0.05, 0) is 54.8 Å². The van der Waals surface area contributed by atoms with Crippen LogP contribution in [0.5, 0.6) is 0 Å². The minimum absolute atomic E-state index is 0.160. The van der Waals surface area contributed by atoms with Gasteiger partial charge in [0.25, 0.3) is 0 Å². The summed E-state index contributed by atoms with van der Waals surface area (Å²) < 4.78 is 0. The number of nitrogens with zero attached hydrogens (tertiary/aromatic N) is 2. The summed E-state index contributed by atoms with van der Waals surface area (Å²) in [4.78, 5) is 9.94. The van der Waals surface area contributed by atoms with E-state index in [-0.39, 0.29) is 6.04 Å². The highest BCUT2D eigenvalue weighted by atomic mass is 35.5. The summed E-state index contributed by atoms with van der Waals surface area (Å²) in [7, 11) is 0. The first-order chi connectivity index (χ1) is 13.2. The van der Waals surface area contributed by atoms with Crippen molar-refractivity contribution in [3.05, 3.63) is 93.5 Å². The number of anilines is 2. The van der Waals surface area contributed by atoms with Crippen molar-refractivity contribution in [3.63, 3.8) is 0 Å². The Bertz CT molecular complexity index is 967. The van der Waals surface area contributed by atoms with Gasteiger partial charge in [-0.25, -0.2) is 5.06 Å². The molecule has 27 heavy (non-hydrogen) atoms. The number of thiophene rings is 1. The van der Waals surface area contributed by atoms with Crippen LogP contribution in [0, 0.1) is 12.8 Å². The summed E-state index contributed by atoms with van der Waals surface area (Å²) in [6.07, 6.45) is 2.14. The van der Waals surface area contributed by atoms with Crippen molar-refractivity contribution in [2.75, 3.05) is 16.5 Å². The monoisotopic (exact) mass is 394 g/mol. The topological polar surface area (TPSA) is 15.7 Å². The van der Waals surface area contributed by atoms with Crippen LogP contribution in [-0.4, -0.2) is 6.54 Å². The van der Waals surface area contributed by atoms with E-state index in [1.165, 1.54) is 16.1 Å². The summed E-state index contributed by atoms with van der Waals surface area (Å²) in [6, 6.07) is 21.0. The van der Waals surface area contributed by atoms with E-state index in [0.29, 0.717) is 5.92 Å². The number of hydrogen-bond donors (Lipinski definition) is 0. The first kappa shape index (κ1) is 16.7. The lowest BCUT2D eigenvalue weighted by atomic mass is 9.98. The van der Waals surface area contributed by atoms with E-state index in [1.54, 1.807) is 11.3 Å². The van der Waals surface area contributed by atoms with Crippen LogP contribution < -0.4 is 9.96 Å². The highest BCUT2D eigenvalue weighted by molar-refractivity contribution is 7.10. The molecule has 0 bridgehead atoms. The smallest absolute Gasteiger partial charge is 0.156 e. The molecular weight excluding hydrogens is 376 g/mol. The van der Waals surface area contributed by atoms with Gasteiger partial charge in [0.1, 0.15) is 6.04 Å². The van der Waals surface area contributed by atoms with E-state index in [9.17, 15) is 0 Å². The number of fused-ring (bicyclic) bond motifs is 1. The largest absolute Gasteiger partial charge is 0.381 e. The van der Waals surface area contributed by atoms with Crippen molar-refractivity contribution < 1.29 is 4.84 Å². The second-order valence-corrected chi connectivity index (χ2v) is 8.40. The second kappa shape index (κ2) is 6.63. The van der Waals surface area contributed by atoms with E-state index < -0.39 is 0 Å². The van der Waals surface area contributed by atoms with Crippen molar-refractivity contribution in [1.29, 1.82) is 0 Å². The van der Waals surface area contributed by atoms with Gasteiger partial charge in [0.2, 0.25) is 0 Å². The summed E-state index contributed by atoms with van der Waals surface area (Å²) in [6.45, 7) is 3.02. The predicted molar refractivity (Wildman–Crippen MR) is 112 cm³/mol. The van der Waals surface area contributed by atoms with Gasteiger partial charge in [-0.2, -0.15) is 0 Å². The van der Waals surface area contributed by atoms with Gasteiger partial charge in [-0.15, -0.1) is 11.3 Å². The number of hydrogen-bond acceptors (Lipinski definition) is 4. The molecule has 0 aliphatic carbocycles. The van der Waals surface area contributed by atoms with Crippen molar-refractivity contribution >= 4 is 34.3 Å². The fourth-order valence-corrected chi connectivity index (χ4v) is 4.77. The number of hydroxylamine groups is 1. The van der Waals surface area contributed by atoms with E-state index in [2.05, 4.69) is 59.8 Å². The Morgan fingerprint density at radius 1 is 1.00 bits per heavy atom. The van der Waals surface area contributed by atoms with Crippen LogP contribution in [-0.2, 0) is 4.84 Å². The lowest BCUT2D eigenvalue weighted by molar-refractivity contribution is 0.214. The van der Waals surface area contributed by atoms with E-state index in [1.807, 2.05) is 29.3 Å². The Hall–Kier alpha value is -2.43. The van der Waals surface area contributed by atoms with Crippen molar-refractivity contribution in [2.45, 2.75) is 13.0 Å². The molecule has 5 rings (SSSR count). The molecule has 1 fully saturated rings. The fourth-order valence-electron chi connectivity index (χ4n) is 3.78. The molecule has 3 heterocycles. The van der Waals surface area contributed by atoms with Crippen molar-refractivity contribution in [1.82, 2.24) is 0 Å². The van der Waals surface area contributed by atoms with Crippen LogP contribution in [0.25, 0.3) is 0 Å². The fraction of sp³-hybridized carbons (Fsp3) is 0.182. The lowest BCUT2D eigenvalue weighted by Gasteiger charge is -2.27. The van der Waals surface area contributed by atoms with Gasteiger partial charge < -0.3 is 9.74 Å². The third kappa shape index (κ3) is 2.99. The molecule has 2 unspecified atom stereocenters. The Balaban J connectivity index is 1.50. The number of halogens is 1. The van der Waals surface area contributed by atoms with E-state index in [0.717, 1.165) is 23.0 Å². The predicted octanol–water partition coefficient (Wildman–Crippen LogP) is 6.18. The zero-order valence-electron chi connectivity index (χ0n) is 14.9. The lowest BCUT2D eigenvalue weighted by Crippen LogP contribution is -2.28. The molecular formula is C22H19ClN2OS. The van der Waals surface area contributed by atoms with Crippen molar-refractivity contribution in [3.8, 4) is 0 Å². The molecule has 2 aliphatic heterocycles. The second-order valence-electron chi connectivity index (χ2n) is 6.98. The average Bonchev–Trinajstić information content (AvgIpc) is 3.38. The summed E-state index contributed by atoms with van der Waals surface area (Å²) >= 11 is 7.85. The van der Waals surface area contributed by atoms with Crippen LogP contribution in [0.1, 0.15) is 16.5 Å². The molecule has 2 aromatic carbocycles. The standard InChI is InChI=1S/C22H19ClN2OS/c1-15-4-8-17(9-5-15)24-13-19-20(14-24)26-25(18-10-6-16(23)7-11-18)22(19)21-3-2-12-27-21/h2-12,14,19,22H,13H2,1H3. The quantitative estimate of drug-likeness (QED) is 0.527. The minimum atomic E-state index is 0.160. The molecule has 2 aliphatic rings. The van der Waals surface area contributed by atoms with Crippen LogP contribution in [0.3, 0.4) is 0 Å². The zero-order valence-corrected chi connectivity index (χ0v) is 16.5. The number of rotatable bonds is 3. The summed E-state index contributed by atoms with van der Waals surface area (Å²) in [5.41, 5.74) is 3.50. The normalized spacial score (nSPS) is 21.2. The van der Waals surface area contributed by atoms with Gasteiger partial charge >= 0.3 is 0 Å². The molecule has 0 amide bonds. The number of aryl methyl sites for hydroxylation is 1. The van der Waals surface area contributed by atoms with E-state index in [4.69, 9.17) is 16.4 Å². The van der Waals surface area contributed by atoms with Gasteiger partial charge in [-0.3, -0.25) is 0 Å². The van der Waals surface area contributed by atoms with Gasteiger partial charge in [-0.1, -0.05) is 35.4 Å². The highest BCUT2D eigenvalue weighted by Crippen LogP contribution is 2.48. The minimum Gasteiger partial charge on any atom is -0.381 e. The van der Waals surface area contributed by atoms with Crippen LogP contribution >= 0.6 is 22.9 Å². The molecule has 3 nitrogen and oxygen atoms in total. The van der Waals surface area contributed by atoms with Crippen LogP contribution in [0.4, 0.5) is 11.4 Å². The molecule has 0 radical (unpaired) electrons. The SMILES string of the molecule is Cc1ccc(N2C=C3ON(c4ccc(Cl)cc4)C(c4cccs4)C3C2)cc1. The Labute approximate surface area is 168 Å². The molecule has 5 heteroatoms. The first-order valence-electron chi connectivity index (χ1n) is 9.00. The molecule has 1 saturated heterocycles. The summed E-state index contributed by atoms with van der Waals surface area (Å²) in [5.74, 6) is 1.31. The molecule has 0 spiro atoms. The van der Waals surface area contributed by atoms with Crippen LogP contribution in [0.2, 0.25) is 5.02 Å². The third-order valence-electron chi connectivity index (χ3n) is 5.16. The maximum Gasteiger partial charge on any atom is 0.156 e. The summed E-state index contributed by atoms with van der Waals surface area (Å²) in [5, 5.41) is 4.89. The molecule has 0 saturated carbocycles. The molecule has 2 atom stereocenters. The highest BCUT2D eigenvalue weighted by Gasteiger charge is 2.46. The molecule has 3 aromatic rings. The zero-order chi connectivity index (χ0) is 18.4. The molecule has 136 valence electrons. The Morgan fingerprint density at radius 2 is 1.74 bits per heavy atom. The molecule has 1 aromatic heterocycles. The van der Waals surface area contributed by atoms with Crippen LogP contribution in [0.15, 0.2) is 78.0 Å². The van der Waals surface area contributed by atoms with Gasteiger partial charge in [0.05, 0.1) is 11.6 Å². The van der Waals surface area contributed by atoms with Gasteiger partial charge in [0, 0.05) is 28.3 Å².